The van der Waals surface area contributed by atoms with Crippen LogP contribution in [-0.4, -0.2) is 47.4 Å². The van der Waals surface area contributed by atoms with Crippen LogP contribution in [0.25, 0.3) is 10.4 Å². The number of amides is 2. The Morgan fingerprint density at radius 1 is 1.21 bits per heavy atom. The molecule has 3 heterocycles. The van der Waals surface area contributed by atoms with E-state index < -0.39 is 0 Å². The number of hydrogen-bond acceptors (Lipinski definition) is 5. The number of para-hydroxylation sites is 1. The molecule has 1 saturated carbocycles. The minimum Gasteiger partial charge on any atom is -0.492 e. The topological polar surface area (TPSA) is 71.5 Å². The van der Waals surface area contributed by atoms with E-state index in [1.54, 1.807) is 11.3 Å². The quantitative estimate of drug-likeness (QED) is 0.601. The predicted molar refractivity (Wildman–Crippen MR) is 131 cm³/mol. The lowest BCUT2D eigenvalue weighted by molar-refractivity contribution is 0.0690. The summed E-state index contributed by atoms with van der Waals surface area (Å²) in [4.78, 5) is 34.2. The lowest BCUT2D eigenvalue weighted by atomic mass is 10.1. The number of aromatic nitrogens is 1. The summed E-state index contributed by atoms with van der Waals surface area (Å²) in [7, 11) is 0. The maximum atomic E-state index is 13.7. The summed E-state index contributed by atoms with van der Waals surface area (Å²) in [6.45, 7) is 5.79. The number of thiazole rings is 1. The van der Waals surface area contributed by atoms with E-state index in [2.05, 4.69) is 29.4 Å². The van der Waals surface area contributed by atoms with Gasteiger partial charge in [0.25, 0.3) is 11.8 Å². The molecular weight excluding hydrogens is 446 g/mol. The number of fused-ring (bicyclic) bond motifs is 2. The van der Waals surface area contributed by atoms with Crippen molar-refractivity contribution in [3.63, 3.8) is 0 Å². The van der Waals surface area contributed by atoms with Crippen molar-refractivity contribution < 1.29 is 14.3 Å². The first-order valence-corrected chi connectivity index (χ1v) is 12.7. The molecule has 3 aliphatic rings. The zero-order chi connectivity index (χ0) is 23.4. The second kappa shape index (κ2) is 8.24. The summed E-state index contributed by atoms with van der Waals surface area (Å²) >= 11 is 1.56. The molecule has 2 amide bonds. The third-order valence-corrected chi connectivity index (χ3v) is 8.23. The van der Waals surface area contributed by atoms with Crippen LogP contribution in [-0.2, 0) is 6.42 Å². The number of ether oxygens (including phenoxy) is 1. The first-order valence-electron chi connectivity index (χ1n) is 11.9. The van der Waals surface area contributed by atoms with Crippen LogP contribution in [0.3, 0.4) is 0 Å². The molecule has 2 fully saturated rings. The van der Waals surface area contributed by atoms with Gasteiger partial charge >= 0.3 is 0 Å². The van der Waals surface area contributed by atoms with Gasteiger partial charge in [-0.15, -0.1) is 11.3 Å². The number of nitrogens with one attached hydrogen (secondary N) is 1. The number of piperidine rings is 1. The highest BCUT2D eigenvalue weighted by atomic mass is 32.1. The third kappa shape index (κ3) is 3.68. The second-order valence-corrected chi connectivity index (χ2v) is 10.8. The van der Waals surface area contributed by atoms with Gasteiger partial charge in [-0.1, -0.05) is 42.0 Å². The zero-order valence-corrected chi connectivity index (χ0v) is 20.2. The van der Waals surface area contributed by atoms with Crippen molar-refractivity contribution in [1.82, 2.24) is 15.2 Å². The monoisotopic (exact) mass is 473 g/mol. The van der Waals surface area contributed by atoms with Crippen molar-refractivity contribution in [2.24, 2.45) is 11.8 Å². The van der Waals surface area contributed by atoms with Crippen molar-refractivity contribution >= 4 is 23.2 Å². The lowest BCUT2D eigenvalue weighted by Crippen LogP contribution is -2.45. The molecule has 174 valence electrons. The van der Waals surface area contributed by atoms with Crippen LogP contribution < -0.4 is 10.1 Å². The Kier molecular flexibility index (Phi) is 5.17. The average Bonchev–Trinajstić information content (AvgIpc) is 3.16. The first-order chi connectivity index (χ1) is 16.5. The van der Waals surface area contributed by atoms with E-state index in [0.29, 0.717) is 42.0 Å². The van der Waals surface area contributed by atoms with E-state index in [0.717, 1.165) is 46.0 Å². The maximum absolute atomic E-state index is 13.7. The number of likely N-dealkylation sites (tertiary alicyclic amines) is 1. The summed E-state index contributed by atoms with van der Waals surface area (Å²) in [6.07, 6.45) is 1.95. The molecule has 7 heteroatoms. The molecule has 6 nitrogen and oxygen atoms in total. The maximum Gasteiger partial charge on any atom is 0.274 e. The van der Waals surface area contributed by atoms with Gasteiger partial charge in [-0.3, -0.25) is 9.59 Å². The highest BCUT2D eigenvalue weighted by Crippen LogP contribution is 2.50. The van der Waals surface area contributed by atoms with Gasteiger partial charge in [0.05, 0.1) is 28.1 Å². The standard InChI is InChI=1S/C27H27N3O3S/c1-15-5-3-7-18(11-15)25-23(29-16(2)34-25)27(32)30-14-19-12-21(19)22(30)13-28-26(31)20-8-4-6-17-9-10-33-24(17)20/h3-8,11,19,21-22H,9-10,12-14H2,1-2H3,(H,28,31)/t19-,21-,22-/m1/s1. The predicted octanol–water partition coefficient (Wildman–Crippen LogP) is 4.25. The van der Waals surface area contributed by atoms with Crippen molar-refractivity contribution in [2.75, 3.05) is 19.7 Å². The third-order valence-electron chi connectivity index (χ3n) is 7.21. The van der Waals surface area contributed by atoms with Crippen molar-refractivity contribution in [1.29, 1.82) is 0 Å². The molecule has 3 aromatic rings. The molecule has 1 saturated heterocycles. The van der Waals surface area contributed by atoms with Gasteiger partial charge in [-0.2, -0.15) is 0 Å². The fraction of sp³-hybridized carbons (Fsp3) is 0.370. The van der Waals surface area contributed by atoms with Gasteiger partial charge in [-0.05, 0) is 49.3 Å². The smallest absolute Gasteiger partial charge is 0.274 e. The molecule has 34 heavy (non-hydrogen) atoms. The minimum absolute atomic E-state index is 0.00788. The number of benzene rings is 2. The van der Waals surface area contributed by atoms with Crippen LogP contribution in [0.2, 0.25) is 0 Å². The lowest BCUT2D eigenvalue weighted by Gasteiger charge is -2.27. The SMILES string of the molecule is Cc1cccc(-c2sc(C)nc2C(=O)N2C[C@H]3C[C@H]3[C@H]2CNC(=O)c2cccc3c2OCC3)c1. The number of carbonyl (C=O) groups excluding carboxylic acids is 2. The zero-order valence-electron chi connectivity index (χ0n) is 19.3. The fourth-order valence-corrected chi connectivity index (χ4v) is 6.35. The molecule has 3 atom stereocenters. The van der Waals surface area contributed by atoms with E-state index in [4.69, 9.17) is 4.74 Å². The largest absolute Gasteiger partial charge is 0.492 e. The van der Waals surface area contributed by atoms with Crippen LogP contribution >= 0.6 is 11.3 Å². The van der Waals surface area contributed by atoms with Crippen LogP contribution in [0.1, 0.15) is 43.4 Å². The van der Waals surface area contributed by atoms with Gasteiger partial charge in [0.2, 0.25) is 0 Å². The molecule has 0 unspecified atom stereocenters. The Labute approximate surface area is 203 Å². The van der Waals surface area contributed by atoms with E-state index in [-0.39, 0.29) is 17.9 Å². The minimum atomic E-state index is -0.139. The van der Waals surface area contributed by atoms with E-state index in [1.807, 2.05) is 42.2 Å². The summed E-state index contributed by atoms with van der Waals surface area (Å²) in [5.41, 5.74) is 4.37. The first kappa shape index (κ1) is 21.4. The molecule has 2 aromatic carbocycles. The molecule has 1 aliphatic carbocycles. The summed E-state index contributed by atoms with van der Waals surface area (Å²) in [5, 5.41) is 3.97. The van der Waals surface area contributed by atoms with E-state index in [9.17, 15) is 9.59 Å². The van der Waals surface area contributed by atoms with Crippen LogP contribution in [0.15, 0.2) is 42.5 Å². The fourth-order valence-electron chi connectivity index (χ4n) is 5.44. The highest BCUT2D eigenvalue weighted by Gasteiger charge is 2.54. The Hall–Kier alpha value is -3.19. The van der Waals surface area contributed by atoms with E-state index in [1.165, 1.54) is 0 Å². The molecule has 2 aliphatic heterocycles. The number of hydrogen-bond donors (Lipinski definition) is 1. The van der Waals surface area contributed by atoms with Gasteiger partial charge < -0.3 is 15.0 Å². The van der Waals surface area contributed by atoms with Gasteiger partial charge in [0.1, 0.15) is 11.4 Å². The summed E-state index contributed by atoms with van der Waals surface area (Å²) in [6, 6.07) is 13.9. The number of carbonyl (C=O) groups is 2. The van der Waals surface area contributed by atoms with Gasteiger partial charge in [0.15, 0.2) is 0 Å². The summed E-state index contributed by atoms with van der Waals surface area (Å²) in [5.74, 6) is 1.50. The highest BCUT2D eigenvalue weighted by molar-refractivity contribution is 7.15. The molecule has 1 aromatic heterocycles. The number of rotatable bonds is 5. The Morgan fingerprint density at radius 3 is 2.91 bits per heavy atom. The summed E-state index contributed by atoms with van der Waals surface area (Å²) < 4.78 is 5.70. The van der Waals surface area contributed by atoms with Crippen molar-refractivity contribution in [3.05, 3.63) is 69.9 Å². The molecule has 0 radical (unpaired) electrons. The average molecular weight is 474 g/mol. The Balaban J connectivity index is 1.22. The number of aryl methyl sites for hydroxylation is 2. The van der Waals surface area contributed by atoms with E-state index >= 15 is 0 Å². The van der Waals surface area contributed by atoms with Gasteiger partial charge in [-0.25, -0.2) is 4.98 Å². The molecule has 6 rings (SSSR count). The van der Waals surface area contributed by atoms with Crippen LogP contribution in [0.4, 0.5) is 0 Å². The second-order valence-electron chi connectivity index (χ2n) is 9.57. The van der Waals surface area contributed by atoms with Gasteiger partial charge in [0, 0.05) is 19.5 Å². The van der Waals surface area contributed by atoms with Crippen molar-refractivity contribution in [2.45, 2.75) is 32.7 Å². The Bertz CT molecular complexity index is 1300. The molecule has 0 spiro atoms. The van der Waals surface area contributed by atoms with Crippen molar-refractivity contribution in [3.8, 4) is 16.2 Å². The molecule has 0 bridgehead atoms. The molecule has 1 N–H and O–H groups in total. The van der Waals surface area contributed by atoms with Crippen LogP contribution in [0.5, 0.6) is 5.75 Å². The normalized spacial score (nSPS) is 22.2. The number of nitrogens with zero attached hydrogens (tertiary/aromatic N) is 2. The molecular formula is C27H27N3O3S. The Morgan fingerprint density at radius 2 is 2.06 bits per heavy atom. The van der Waals surface area contributed by atoms with Crippen LogP contribution in [0, 0.1) is 25.7 Å².